The second-order valence-electron chi connectivity index (χ2n) is 5.79. The van der Waals surface area contributed by atoms with Crippen LogP contribution in [-0.2, 0) is 16.3 Å². The molecule has 1 heterocycles. The van der Waals surface area contributed by atoms with Crippen molar-refractivity contribution in [2.45, 2.75) is 28.9 Å². The summed E-state index contributed by atoms with van der Waals surface area (Å²) < 4.78 is 104. The minimum absolute atomic E-state index is 0.210. The Bertz CT molecular complexity index is 1080. The number of aliphatic hydroxyl groups is 1. The second kappa shape index (κ2) is 5.74. The fourth-order valence-corrected chi connectivity index (χ4v) is 3.87. The molecule has 3 rings (SSSR count). The predicted octanol–water partition coefficient (Wildman–Crippen LogP) is 3.01. The molecule has 0 saturated carbocycles. The first-order chi connectivity index (χ1) is 12.3. The highest BCUT2D eigenvalue weighted by Gasteiger charge is 2.56. The molecule has 0 radical (unpaired) electrons. The van der Waals surface area contributed by atoms with Crippen molar-refractivity contribution in [3.8, 4) is 11.8 Å². The van der Waals surface area contributed by atoms with E-state index in [9.17, 15) is 39.9 Å². The zero-order chi connectivity index (χ0) is 20.4. The number of nitriles is 1. The van der Waals surface area contributed by atoms with Crippen molar-refractivity contribution in [2.75, 3.05) is 0 Å². The van der Waals surface area contributed by atoms with Gasteiger partial charge >= 0.3 is 5.51 Å². The van der Waals surface area contributed by atoms with Crippen LogP contribution in [0.15, 0.2) is 29.3 Å². The maximum Gasteiger partial charge on any atom is 0.501 e. The molecular weight excluding hydrogens is 402 g/mol. The highest BCUT2D eigenvalue weighted by atomic mass is 32.2. The molecule has 5 nitrogen and oxygen atoms in total. The summed E-state index contributed by atoms with van der Waals surface area (Å²) in [5.41, 5.74) is -8.17. The first-order valence-corrected chi connectivity index (χ1v) is 8.61. The van der Waals surface area contributed by atoms with Gasteiger partial charge in [0.25, 0.3) is 15.8 Å². The van der Waals surface area contributed by atoms with Crippen molar-refractivity contribution < 1.29 is 39.9 Å². The third-order valence-electron chi connectivity index (χ3n) is 4.13. The van der Waals surface area contributed by atoms with Gasteiger partial charge in [0.1, 0.15) is 22.9 Å². The van der Waals surface area contributed by atoms with Gasteiger partial charge in [-0.1, -0.05) is 0 Å². The molecule has 0 bridgehead atoms. The Morgan fingerprint density at radius 2 is 1.93 bits per heavy atom. The monoisotopic (exact) mass is 410 g/mol. The lowest BCUT2D eigenvalue weighted by molar-refractivity contribution is -0.0983. The van der Waals surface area contributed by atoms with Gasteiger partial charge in [-0.05, 0) is 18.2 Å². The molecule has 0 unspecified atom stereocenters. The van der Waals surface area contributed by atoms with Crippen LogP contribution in [0.4, 0.5) is 26.3 Å². The van der Waals surface area contributed by atoms with Crippen LogP contribution in [0.5, 0.6) is 0 Å². The quantitative estimate of drug-likeness (QED) is 0.772. The van der Waals surface area contributed by atoms with E-state index >= 15 is 0 Å². The minimum atomic E-state index is -6.05. The fourth-order valence-electron chi connectivity index (χ4n) is 2.86. The number of rotatable bonds is 2. The number of halogens is 6. The molecule has 144 valence electrons. The summed E-state index contributed by atoms with van der Waals surface area (Å²) in [5.74, 6) is -4.86. The highest BCUT2D eigenvalue weighted by Crippen LogP contribution is 2.49. The number of aliphatic hydroxyl groups excluding tert-OH is 1. The average Bonchev–Trinajstić information content (AvgIpc) is 3.02. The molecule has 1 aromatic carbocycles. The van der Waals surface area contributed by atoms with Crippen molar-refractivity contribution in [2.24, 2.45) is 0 Å². The number of hydrogen-bond acceptors (Lipinski definition) is 4. The normalized spacial score (nSPS) is 19.0. The van der Waals surface area contributed by atoms with Crippen molar-refractivity contribution in [3.63, 3.8) is 0 Å². The second-order valence-corrected chi connectivity index (χ2v) is 7.70. The third-order valence-corrected chi connectivity index (χ3v) is 5.65. The van der Waals surface area contributed by atoms with Crippen molar-refractivity contribution >= 4 is 9.84 Å². The third kappa shape index (κ3) is 2.78. The van der Waals surface area contributed by atoms with Crippen LogP contribution in [-0.4, -0.2) is 29.5 Å². The zero-order valence-corrected chi connectivity index (χ0v) is 13.7. The molecule has 1 N–H and O–H groups in total. The molecule has 0 spiro atoms. The van der Waals surface area contributed by atoms with Crippen molar-refractivity contribution in [1.82, 2.24) is 4.57 Å². The molecule has 1 aromatic heterocycles. The predicted molar refractivity (Wildman–Crippen MR) is 77.3 cm³/mol. The molecule has 2 aromatic rings. The van der Waals surface area contributed by atoms with Gasteiger partial charge in [-0.15, -0.1) is 0 Å². The Morgan fingerprint density at radius 1 is 1.30 bits per heavy atom. The van der Waals surface area contributed by atoms with Crippen LogP contribution in [0, 0.1) is 17.1 Å². The van der Waals surface area contributed by atoms with E-state index in [0.29, 0.717) is 10.8 Å². The first-order valence-electron chi connectivity index (χ1n) is 7.12. The SMILES string of the molecule is N#Cc1cc(-n2cc(S(=O)(=O)C(F)(F)F)c3c2CC(F)(F)[C@H]3O)ccc1F. The number of sulfone groups is 1. The van der Waals surface area contributed by atoms with E-state index in [0.717, 1.165) is 18.2 Å². The number of hydrogen-bond donors (Lipinski definition) is 1. The van der Waals surface area contributed by atoms with E-state index < -0.39 is 61.3 Å². The molecule has 0 saturated heterocycles. The lowest BCUT2D eigenvalue weighted by Gasteiger charge is -2.16. The van der Waals surface area contributed by atoms with Crippen molar-refractivity contribution in [1.29, 1.82) is 5.26 Å². The molecule has 1 atom stereocenters. The molecule has 12 heteroatoms. The van der Waals surface area contributed by atoms with E-state index in [1.165, 1.54) is 6.07 Å². The highest BCUT2D eigenvalue weighted by molar-refractivity contribution is 7.92. The van der Waals surface area contributed by atoms with Gasteiger partial charge in [-0.2, -0.15) is 18.4 Å². The van der Waals surface area contributed by atoms with Gasteiger partial charge < -0.3 is 9.67 Å². The average molecular weight is 410 g/mol. The first kappa shape index (κ1) is 19.2. The van der Waals surface area contributed by atoms with E-state index in [1.807, 2.05) is 0 Å². The summed E-state index contributed by atoms with van der Waals surface area (Å²) >= 11 is 0. The van der Waals surface area contributed by atoms with Gasteiger partial charge in [0, 0.05) is 23.1 Å². The number of benzene rings is 1. The Hall–Kier alpha value is -2.52. The van der Waals surface area contributed by atoms with Crippen molar-refractivity contribution in [3.05, 3.63) is 47.0 Å². The van der Waals surface area contributed by atoms with Crippen LogP contribution < -0.4 is 0 Å². The molecule has 0 amide bonds. The number of fused-ring (bicyclic) bond motifs is 1. The van der Waals surface area contributed by atoms with Crippen LogP contribution in [0.3, 0.4) is 0 Å². The maximum absolute atomic E-state index is 13.9. The Morgan fingerprint density at radius 3 is 2.48 bits per heavy atom. The fraction of sp³-hybridized carbons (Fsp3) is 0.267. The lowest BCUT2D eigenvalue weighted by Crippen LogP contribution is -2.27. The summed E-state index contributed by atoms with van der Waals surface area (Å²) in [6.45, 7) is 0. The minimum Gasteiger partial charge on any atom is -0.382 e. The summed E-state index contributed by atoms with van der Waals surface area (Å²) in [5, 5.41) is 18.6. The van der Waals surface area contributed by atoms with Gasteiger partial charge in [-0.25, -0.2) is 21.6 Å². The molecule has 1 aliphatic rings. The van der Waals surface area contributed by atoms with Crippen LogP contribution in [0.2, 0.25) is 0 Å². The van der Waals surface area contributed by atoms with E-state index in [1.54, 1.807) is 0 Å². The maximum atomic E-state index is 13.9. The van der Waals surface area contributed by atoms with E-state index in [-0.39, 0.29) is 5.69 Å². The van der Waals surface area contributed by atoms with E-state index in [4.69, 9.17) is 5.26 Å². The van der Waals surface area contributed by atoms with Gasteiger partial charge in [-0.3, -0.25) is 0 Å². The van der Waals surface area contributed by atoms with Gasteiger partial charge in [0.2, 0.25) is 0 Å². The topological polar surface area (TPSA) is 83.1 Å². The lowest BCUT2D eigenvalue weighted by atomic mass is 10.2. The molecule has 27 heavy (non-hydrogen) atoms. The largest absolute Gasteiger partial charge is 0.501 e. The molecule has 1 aliphatic carbocycles. The van der Waals surface area contributed by atoms with E-state index in [2.05, 4.69) is 0 Å². The van der Waals surface area contributed by atoms with Crippen LogP contribution in [0.1, 0.15) is 22.9 Å². The summed E-state index contributed by atoms with van der Waals surface area (Å²) in [4.78, 5) is -1.52. The molecule has 0 fully saturated rings. The Balaban J connectivity index is 2.33. The standard InChI is InChI=1S/C15H8F6N2O3S/c16-9-2-1-8(3-7(9)5-22)23-6-11(27(25,26)15(19,20)21)12-10(23)4-14(17,18)13(12)24/h1-3,6,13,24H,4H2/t13-/m0/s1. The number of nitrogens with zero attached hydrogens (tertiary/aromatic N) is 2. The Labute approximate surface area is 148 Å². The van der Waals surface area contributed by atoms with Crippen LogP contribution >= 0.6 is 0 Å². The summed E-state index contributed by atoms with van der Waals surface area (Å²) in [6.07, 6.45) is -3.58. The zero-order valence-electron chi connectivity index (χ0n) is 12.9. The van der Waals surface area contributed by atoms with Gasteiger partial charge in [0.15, 0.2) is 0 Å². The molecule has 0 aliphatic heterocycles. The summed E-state index contributed by atoms with van der Waals surface area (Å²) in [7, 11) is -6.05. The molecular formula is C15H8F6N2O3S. The smallest absolute Gasteiger partial charge is 0.382 e. The number of aromatic nitrogens is 1. The number of alkyl halides is 5. The van der Waals surface area contributed by atoms with Gasteiger partial charge in [0.05, 0.1) is 12.0 Å². The van der Waals surface area contributed by atoms with Crippen LogP contribution in [0.25, 0.3) is 5.69 Å². The summed E-state index contributed by atoms with van der Waals surface area (Å²) in [6, 6.07) is 4.09. The Kier molecular flexibility index (Phi) is 4.09.